The minimum atomic E-state index is -4.73. The summed E-state index contributed by atoms with van der Waals surface area (Å²) >= 11 is 0. The minimum Gasteiger partial charge on any atom is -0.480 e. The standard InChI is InChI=1S/C44H78NO10P/c1-3-5-7-9-11-13-15-17-19-20-22-23-25-27-29-31-33-35-42(46)52-37-40(38-53-56(50,51)54-39-41(45)44(48)49)55-43(47)36-34-32-30-28-26-24-21-18-16-14-12-10-8-6-4-2/h12,14,17-19,21,26,28,40-41H,3-11,13,15-16,20,22-25,27,29-39,45H2,1-2H3,(H,48,49)(H,50,51)/b14-12+,19-17+,21-18+,28-26+/t40-,41+/m1/s1. The topological polar surface area (TPSA) is 172 Å². The Hall–Kier alpha value is -2.56. The van der Waals surface area contributed by atoms with Crippen LogP contribution in [0.5, 0.6) is 0 Å². The van der Waals surface area contributed by atoms with Gasteiger partial charge in [-0.2, -0.15) is 0 Å². The number of aliphatic carboxylic acids is 1. The fourth-order valence-corrected chi connectivity index (χ4v) is 6.37. The molecule has 56 heavy (non-hydrogen) atoms. The minimum absolute atomic E-state index is 0.111. The summed E-state index contributed by atoms with van der Waals surface area (Å²) in [6.07, 6.45) is 43.2. The second-order valence-electron chi connectivity index (χ2n) is 14.5. The summed E-state index contributed by atoms with van der Waals surface area (Å²) in [4.78, 5) is 45.9. The second-order valence-corrected chi connectivity index (χ2v) is 15.9. The number of carbonyl (C=O) groups is 3. The molecule has 0 aromatic carbocycles. The van der Waals surface area contributed by atoms with Gasteiger partial charge in [0.05, 0.1) is 13.2 Å². The van der Waals surface area contributed by atoms with Gasteiger partial charge in [-0.3, -0.25) is 23.4 Å². The van der Waals surface area contributed by atoms with E-state index in [2.05, 4.69) is 67.0 Å². The Kier molecular flexibility index (Phi) is 37.5. The summed E-state index contributed by atoms with van der Waals surface area (Å²) in [6, 6.07) is -1.53. The predicted molar refractivity (Wildman–Crippen MR) is 226 cm³/mol. The molecular weight excluding hydrogens is 733 g/mol. The van der Waals surface area contributed by atoms with Gasteiger partial charge >= 0.3 is 25.7 Å². The molecular formula is C44H78NO10P. The van der Waals surface area contributed by atoms with Crippen molar-refractivity contribution in [2.24, 2.45) is 5.73 Å². The smallest absolute Gasteiger partial charge is 0.472 e. The van der Waals surface area contributed by atoms with E-state index in [1.165, 1.54) is 83.5 Å². The molecule has 0 rings (SSSR count). The number of ether oxygens (including phenoxy) is 2. The van der Waals surface area contributed by atoms with E-state index in [-0.39, 0.29) is 19.4 Å². The van der Waals surface area contributed by atoms with Gasteiger partial charge < -0.3 is 25.2 Å². The number of esters is 2. The van der Waals surface area contributed by atoms with Crippen LogP contribution in [0.4, 0.5) is 0 Å². The number of hydrogen-bond acceptors (Lipinski definition) is 9. The molecule has 0 aliphatic rings. The van der Waals surface area contributed by atoms with Crippen molar-refractivity contribution in [2.45, 2.75) is 193 Å². The molecule has 0 radical (unpaired) electrons. The fraction of sp³-hybridized carbons (Fsp3) is 0.750. The van der Waals surface area contributed by atoms with Crippen molar-refractivity contribution in [3.63, 3.8) is 0 Å². The molecule has 0 saturated carbocycles. The van der Waals surface area contributed by atoms with Crippen molar-refractivity contribution < 1.29 is 47.5 Å². The van der Waals surface area contributed by atoms with Crippen LogP contribution in [0.15, 0.2) is 48.6 Å². The first kappa shape index (κ1) is 53.4. The fourth-order valence-electron chi connectivity index (χ4n) is 5.59. The molecule has 12 heteroatoms. The lowest BCUT2D eigenvalue weighted by Gasteiger charge is -2.20. The highest BCUT2D eigenvalue weighted by Crippen LogP contribution is 2.43. The third kappa shape index (κ3) is 38.3. The monoisotopic (exact) mass is 812 g/mol. The number of phosphoric acid groups is 1. The van der Waals surface area contributed by atoms with Crippen molar-refractivity contribution in [1.82, 2.24) is 0 Å². The number of carboxylic acid groups (broad SMARTS) is 1. The van der Waals surface area contributed by atoms with Gasteiger partial charge in [-0.1, -0.05) is 140 Å². The highest BCUT2D eigenvalue weighted by atomic mass is 31.2. The molecule has 324 valence electrons. The number of unbranched alkanes of at least 4 members (excludes halogenated alkanes) is 18. The third-order valence-corrected chi connectivity index (χ3v) is 10.0. The molecule has 0 saturated heterocycles. The van der Waals surface area contributed by atoms with Crippen LogP contribution >= 0.6 is 7.82 Å². The van der Waals surface area contributed by atoms with Crippen molar-refractivity contribution in [3.05, 3.63) is 48.6 Å². The molecule has 0 aromatic rings. The molecule has 0 heterocycles. The Labute approximate surface area is 339 Å². The maximum Gasteiger partial charge on any atom is 0.472 e. The van der Waals surface area contributed by atoms with Crippen molar-refractivity contribution in [2.75, 3.05) is 19.8 Å². The zero-order valence-electron chi connectivity index (χ0n) is 35.0. The Morgan fingerprint density at radius 1 is 0.554 bits per heavy atom. The first-order valence-corrected chi connectivity index (χ1v) is 23.2. The van der Waals surface area contributed by atoms with Gasteiger partial charge in [-0.05, 0) is 77.0 Å². The number of hydrogen-bond donors (Lipinski definition) is 3. The zero-order chi connectivity index (χ0) is 41.4. The first-order valence-electron chi connectivity index (χ1n) is 21.7. The molecule has 11 nitrogen and oxygen atoms in total. The number of nitrogens with two attached hydrogens (primary N) is 1. The molecule has 0 amide bonds. The Morgan fingerprint density at radius 3 is 1.50 bits per heavy atom. The Morgan fingerprint density at radius 2 is 0.946 bits per heavy atom. The third-order valence-electron chi connectivity index (χ3n) is 9.05. The van der Waals surface area contributed by atoms with Crippen LogP contribution in [-0.4, -0.2) is 59.9 Å². The van der Waals surface area contributed by atoms with E-state index in [1.54, 1.807) is 0 Å². The molecule has 0 aromatic heterocycles. The molecule has 0 aliphatic carbocycles. The van der Waals surface area contributed by atoms with E-state index in [0.29, 0.717) is 12.8 Å². The molecule has 0 spiro atoms. The lowest BCUT2D eigenvalue weighted by atomic mass is 10.1. The van der Waals surface area contributed by atoms with Gasteiger partial charge in [-0.15, -0.1) is 0 Å². The normalized spacial score (nSPS) is 14.2. The van der Waals surface area contributed by atoms with E-state index in [4.69, 9.17) is 24.8 Å². The van der Waals surface area contributed by atoms with Crippen molar-refractivity contribution >= 4 is 25.7 Å². The highest BCUT2D eigenvalue weighted by molar-refractivity contribution is 7.47. The zero-order valence-corrected chi connectivity index (χ0v) is 35.9. The average molecular weight is 812 g/mol. The molecule has 0 bridgehead atoms. The first-order chi connectivity index (χ1) is 27.1. The van der Waals surface area contributed by atoms with E-state index < -0.39 is 51.1 Å². The predicted octanol–water partition coefficient (Wildman–Crippen LogP) is 11.4. The van der Waals surface area contributed by atoms with Gasteiger partial charge in [0, 0.05) is 12.8 Å². The van der Waals surface area contributed by atoms with Crippen LogP contribution in [-0.2, 0) is 37.5 Å². The van der Waals surface area contributed by atoms with Gasteiger partial charge in [-0.25, -0.2) is 4.57 Å². The quantitative estimate of drug-likeness (QED) is 0.0233. The van der Waals surface area contributed by atoms with Crippen LogP contribution in [0.1, 0.15) is 181 Å². The molecule has 4 N–H and O–H groups in total. The average Bonchev–Trinajstić information content (AvgIpc) is 3.17. The summed E-state index contributed by atoms with van der Waals surface area (Å²) in [7, 11) is -4.73. The van der Waals surface area contributed by atoms with Crippen LogP contribution in [0, 0.1) is 0 Å². The summed E-state index contributed by atoms with van der Waals surface area (Å²) in [5.74, 6) is -2.44. The lowest BCUT2D eigenvalue weighted by Crippen LogP contribution is -2.34. The SMILES string of the molecule is CCCCC/C=C/C/C=C/C/C=C/CCCCC(=O)O[C@H](COC(=O)CCCCCCCCC/C=C/CCCCCCCC)COP(=O)(O)OC[C@H](N)C(=O)O. The van der Waals surface area contributed by atoms with Crippen molar-refractivity contribution in [1.29, 1.82) is 0 Å². The molecule has 0 fully saturated rings. The summed E-state index contributed by atoms with van der Waals surface area (Å²) in [6.45, 7) is 2.72. The maximum absolute atomic E-state index is 12.6. The molecule has 0 aliphatic heterocycles. The number of phosphoric ester groups is 1. The van der Waals surface area contributed by atoms with Gasteiger partial charge in [0.15, 0.2) is 6.10 Å². The van der Waals surface area contributed by atoms with E-state index >= 15 is 0 Å². The van der Waals surface area contributed by atoms with Crippen molar-refractivity contribution in [3.8, 4) is 0 Å². The van der Waals surface area contributed by atoms with Crippen LogP contribution in [0.3, 0.4) is 0 Å². The van der Waals surface area contributed by atoms with Crippen LogP contribution in [0.25, 0.3) is 0 Å². The van der Waals surface area contributed by atoms with E-state index in [0.717, 1.165) is 57.8 Å². The highest BCUT2D eigenvalue weighted by Gasteiger charge is 2.28. The Bertz CT molecular complexity index is 1140. The van der Waals surface area contributed by atoms with Gasteiger partial charge in [0.1, 0.15) is 12.6 Å². The van der Waals surface area contributed by atoms with E-state index in [1.807, 2.05) is 0 Å². The Balaban J connectivity index is 4.43. The lowest BCUT2D eigenvalue weighted by molar-refractivity contribution is -0.161. The number of allylic oxidation sites excluding steroid dienone is 8. The number of carboxylic acids is 1. The van der Waals surface area contributed by atoms with E-state index in [9.17, 15) is 23.8 Å². The van der Waals surface area contributed by atoms with Gasteiger partial charge in [0.25, 0.3) is 0 Å². The number of carbonyl (C=O) groups excluding carboxylic acids is 2. The maximum atomic E-state index is 12.6. The summed E-state index contributed by atoms with van der Waals surface area (Å²) in [5.41, 5.74) is 5.33. The second kappa shape index (κ2) is 39.3. The summed E-state index contributed by atoms with van der Waals surface area (Å²) in [5, 5.41) is 8.88. The molecule has 3 atom stereocenters. The molecule has 1 unspecified atom stereocenters. The van der Waals surface area contributed by atoms with Gasteiger partial charge in [0.2, 0.25) is 0 Å². The number of rotatable bonds is 40. The largest absolute Gasteiger partial charge is 0.480 e. The van der Waals surface area contributed by atoms with Crippen LogP contribution in [0.2, 0.25) is 0 Å². The van der Waals surface area contributed by atoms with Crippen LogP contribution < -0.4 is 5.73 Å². The summed E-state index contributed by atoms with van der Waals surface area (Å²) < 4.78 is 32.6.